The second-order valence-corrected chi connectivity index (χ2v) is 7.69. The molecule has 4 rings (SSSR count). The highest BCUT2D eigenvalue weighted by Crippen LogP contribution is 2.20. The molecule has 0 radical (unpaired) electrons. The summed E-state index contributed by atoms with van der Waals surface area (Å²) in [6.45, 7) is 3.55. The molecule has 0 saturated carbocycles. The Bertz CT molecular complexity index is 984. The molecule has 1 aliphatic rings. The van der Waals surface area contributed by atoms with Crippen molar-refractivity contribution in [1.29, 1.82) is 0 Å². The van der Waals surface area contributed by atoms with Gasteiger partial charge in [0.1, 0.15) is 23.9 Å². The summed E-state index contributed by atoms with van der Waals surface area (Å²) in [5, 5.41) is 2.91. The van der Waals surface area contributed by atoms with Gasteiger partial charge in [0.25, 0.3) is 5.91 Å². The van der Waals surface area contributed by atoms with Crippen LogP contribution in [0, 0.1) is 0 Å². The minimum Gasteiger partial charge on any atom is -0.486 e. The van der Waals surface area contributed by atoms with Crippen LogP contribution in [0.1, 0.15) is 21.9 Å². The van der Waals surface area contributed by atoms with Gasteiger partial charge in [-0.3, -0.25) is 4.79 Å². The molecule has 156 valence electrons. The predicted octanol–water partition coefficient (Wildman–Crippen LogP) is 3.78. The number of hydrogen-bond acceptors (Lipinski definition) is 6. The first kappa shape index (κ1) is 20.4. The molecule has 1 amide bonds. The SMILES string of the molecule is O=C(NCc1cccnc1N1CCOCC1)c1ccc(COc2ccc(Br)cc2)o1. The van der Waals surface area contributed by atoms with Gasteiger partial charge < -0.3 is 24.1 Å². The Morgan fingerprint density at radius 1 is 1.13 bits per heavy atom. The molecule has 0 aliphatic carbocycles. The average Bonchev–Trinajstić information content (AvgIpc) is 3.27. The molecule has 2 aromatic heterocycles. The standard InChI is InChI=1S/C22H22BrN3O4/c23-17-3-5-18(6-4-17)29-15-19-7-8-20(30-19)22(27)25-14-16-2-1-9-24-21(16)26-10-12-28-13-11-26/h1-9H,10-15H2,(H,25,27). The van der Waals surface area contributed by atoms with Crippen molar-refractivity contribution in [2.45, 2.75) is 13.2 Å². The zero-order valence-corrected chi connectivity index (χ0v) is 17.9. The molecule has 0 atom stereocenters. The van der Waals surface area contributed by atoms with E-state index in [1.54, 1.807) is 18.3 Å². The third-order valence-corrected chi connectivity index (χ3v) is 5.23. The van der Waals surface area contributed by atoms with Crippen LogP contribution in [0.2, 0.25) is 0 Å². The van der Waals surface area contributed by atoms with Crippen LogP contribution in [0.4, 0.5) is 5.82 Å². The zero-order chi connectivity index (χ0) is 20.8. The normalized spacial score (nSPS) is 13.8. The van der Waals surface area contributed by atoms with Crippen LogP contribution in [0.5, 0.6) is 5.75 Å². The molecule has 8 heteroatoms. The van der Waals surface area contributed by atoms with E-state index in [-0.39, 0.29) is 18.3 Å². The number of ether oxygens (including phenoxy) is 2. The summed E-state index contributed by atoms with van der Waals surface area (Å²) in [6, 6.07) is 14.8. The highest BCUT2D eigenvalue weighted by Gasteiger charge is 2.17. The molecule has 0 bridgehead atoms. The van der Waals surface area contributed by atoms with Gasteiger partial charge in [0, 0.05) is 35.9 Å². The lowest BCUT2D eigenvalue weighted by Gasteiger charge is -2.29. The van der Waals surface area contributed by atoms with Gasteiger partial charge in [0.2, 0.25) is 0 Å². The maximum Gasteiger partial charge on any atom is 0.287 e. The number of furan rings is 1. The van der Waals surface area contributed by atoms with E-state index >= 15 is 0 Å². The second-order valence-electron chi connectivity index (χ2n) is 6.78. The molecular formula is C22H22BrN3O4. The van der Waals surface area contributed by atoms with E-state index in [9.17, 15) is 4.79 Å². The van der Waals surface area contributed by atoms with Crippen molar-refractivity contribution in [1.82, 2.24) is 10.3 Å². The van der Waals surface area contributed by atoms with Gasteiger partial charge in [0.05, 0.1) is 13.2 Å². The van der Waals surface area contributed by atoms with E-state index in [0.717, 1.165) is 34.7 Å². The van der Waals surface area contributed by atoms with Crippen molar-refractivity contribution in [3.63, 3.8) is 0 Å². The molecule has 1 aromatic carbocycles. The number of hydrogen-bond donors (Lipinski definition) is 1. The van der Waals surface area contributed by atoms with Crippen molar-refractivity contribution >= 4 is 27.7 Å². The smallest absolute Gasteiger partial charge is 0.287 e. The molecular weight excluding hydrogens is 450 g/mol. The number of anilines is 1. The number of halogens is 1. The second kappa shape index (κ2) is 9.77. The summed E-state index contributed by atoms with van der Waals surface area (Å²) in [7, 11) is 0. The predicted molar refractivity (Wildman–Crippen MR) is 116 cm³/mol. The van der Waals surface area contributed by atoms with Crippen LogP contribution in [0.15, 0.2) is 63.6 Å². The number of benzene rings is 1. The average molecular weight is 472 g/mol. The molecule has 7 nitrogen and oxygen atoms in total. The highest BCUT2D eigenvalue weighted by atomic mass is 79.9. The molecule has 1 saturated heterocycles. The maximum atomic E-state index is 12.5. The minimum absolute atomic E-state index is 0.249. The number of carbonyl (C=O) groups excluding carboxylic acids is 1. The van der Waals surface area contributed by atoms with Gasteiger partial charge in [-0.15, -0.1) is 0 Å². The van der Waals surface area contributed by atoms with Gasteiger partial charge >= 0.3 is 0 Å². The molecule has 1 fully saturated rings. The first-order valence-electron chi connectivity index (χ1n) is 9.71. The lowest BCUT2D eigenvalue weighted by molar-refractivity contribution is 0.0919. The molecule has 1 N–H and O–H groups in total. The molecule has 0 unspecified atom stereocenters. The van der Waals surface area contributed by atoms with Crippen molar-refractivity contribution in [3.05, 3.63) is 76.3 Å². The molecule has 30 heavy (non-hydrogen) atoms. The largest absolute Gasteiger partial charge is 0.486 e. The lowest BCUT2D eigenvalue weighted by Crippen LogP contribution is -2.37. The van der Waals surface area contributed by atoms with E-state index in [1.807, 2.05) is 36.4 Å². The number of aromatic nitrogens is 1. The Labute approximate surface area is 183 Å². The summed E-state index contributed by atoms with van der Waals surface area (Å²) >= 11 is 3.39. The number of amides is 1. The quantitative estimate of drug-likeness (QED) is 0.564. The first-order valence-corrected chi connectivity index (χ1v) is 10.5. The third-order valence-electron chi connectivity index (χ3n) is 4.70. The van der Waals surface area contributed by atoms with Crippen molar-refractivity contribution in [2.75, 3.05) is 31.2 Å². The summed E-state index contributed by atoms with van der Waals surface area (Å²) in [5.41, 5.74) is 0.957. The van der Waals surface area contributed by atoms with Gasteiger partial charge in [0.15, 0.2) is 5.76 Å². The van der Waals surface area contributed by atoms with Crippen LogP contribution < -0.4 is 15.0 Å². The lowest BCUT2D eigenvalue weighted by atomic mass is 10.2. The fraction of sp³-hybridized carbons (Fsp3) is 0.273. The Balaban J connectivity index is 1.33. The van der Waals surface area contributed by atoms with Gasteiger partial charge in [-0.05, 0) is 42.5 Å². The number of rotatable bonds is 7. The number of nitrogens with zero attached hydrogens (tertiary/aromatic N) is 2. The Hall–Kier alpha value is -2.84. The van der Waals surface area contributed by atoms with E-state index in [4.69, 9.17) is 13.9 Å². The Morgan fingerprint density at radius 2 is 1.93 bits per heavy atom. The van der Waals surface area contributed by atoms with Crippen molar-refractivity contribution in [3.8, 4) is 5.75 Å². The third kappa shape index (κ3) is 5.20. The van der Waals surface area contributed by atoms with Crippen LogP contribution in [-0.2, 0) is 17.9 Å². The molecule has 0 spiro atoms. The fourth-order valence-corrected chi connectivity index (χ4v) is 3.42. The summed E-state index contributed by atoms with van der Waals surface area (Å²) in [6.07, 6.45) is 1.76. The minimum atomic E-state index is -0.276. The van der Waals surface area contributed by atoms with Crippen LogP contribution in [0.25, 0.3) is 0 Å². The highest BCUT2D eigenvalue weighted by molar-refractivity contribution is 9.10. The van der Waals surface area contributed by atoms with Crippen molar-refractivity contribution in [2.24, 2.45) is 0 Å². The van der Waals surface area contributed by atoms with E-state index in [0.29, 0.717) is 25.5 Å². The summed E-state index contributed by atoms with van der Waals surface area (Å²) in [5.74, 6) is 2.17. The van der Waals surface area contributed by atoms with Gasteiger partial charge in [-0.25, -0.2) is 4.98 Å². The summed E-state index contributed by atoms with van der Waals surface area (Å²) in [4.78, 5) is 19.2. The Kier molecular flexibility index (Phi) is 6.66. The number of morpholine rings is 1. The zero-order valence-electron chi connectivity index (χ0n) is 16.3. The first-order chi connectivity index (χ1) is 14.7. The van der Waals surface area contributed by atoms with Crippen molar-refractivity contribution < 1.29 is 18.7 Å². The van der Waals surface area contributed by atoms with Gasteiger partial charge in [-0.1, -0.05) is 22.0 Å². The van der Waals surface area contributed by atoms with E-state index in [1.165, 1.54) is 0 Å². The Morgan fingerprint density at radius 3 is 2.73 bits per heavy atom. The molecule has 1 aliphatic heterocycles. The fourth-order valence-electron chi connectivity index (χ4n) is 3.15. The monoisotopic (exact) mass is 471 g/mol. The molecule has 3 aromatic rings. The number of pyridine rings is 1. The van der Waals surface area contributed by atoms with E-state index < -0.39 is 0 Å². The van der Waals surface area contributed by atoms with E-state index in [2.05, 4.69) is 31.1 Å². The molecule has 3 heterocycles. The number of nitrogens with one attached hydrogen (secondary N) is 1. The summed E-state index contributed by atoms with van der Waals surface area (Å²) < 4.78 is 17.7. The maximum absolute atomic E-state index is 12.5. The van der Waals surface area contributed by atoms with Gasteiger partial charge in [-0.2, -0.15) is 0 Å². The topological polar surface area (TPSA) is 76.8 Å². The van der Waals surface area contributed by atoms with Crippen LogP contribution in [0.3, 0.4) is 0 Å². The number of carbonyl (C=O) groups is 1. The van der Waals surface area contributed by atoms with Crippen LogP contribution >= 0.6 is 15.9 Å². The van der Waals surface area contributed by atoms with Crippen LogP contribution in [-0.4, -0.2) is 37.2 Å².